The highest BCUT2D eigenvalue weighted by Gasteiger charge is 2.17. The summed E-state index contributed by atoms with van der Waals surface area (Å²) in [4.78, 5) is 12.6. The third-order valence-electron chi connectivity index (χ3n) is 4.66. The largest absolute Gasteiger partial charge is 0.411 e. The number of nitrogens with one attached hydrogen (secondary N) is 1. The Bertz CT molecular complexity index is 1140. The summed E-state index contributed by atoms with van der Waals surface area (Å²) in [6.45, 7) is 0. The van der Waals surface area contributed by atoms with Crippen molar-refractivity contribution in [2.75, 3.05) is 5.75 Å². The predicted octanol–water partition coefficient (Wildman–Crippen LogP) is 5.07. The first-order chi connectivity index (χ1) is 15.2. The van der Waals surface area contributed by atoms with Gasteiger partial charge in [0, 0.05) is 0 Å². The molecule has 0 saturated carbocycles. The molecular weight excluding hydrogens is 413 g/mol. The molecule has 0 radical (unpaired) electrons. The smallest absolute Gasteiger partial charge is 0.277 e. The highest BCUT2D eigenvalue weighted by molar-refractivity contribution is 7.99. The Morgan fingerprint density at radius 1 is 0.935 bits per heavy atom. The Hall–Kier alpha value is -3.45. The van der Waals surface area contributed by atoms with Crippen molar-refractivity contribution in [2.45, 2.75) is 17.7 Å². The van der Waals surface area contributed by atoms with Crippen LogP contribution in [-0.2, 0) is 11.2 Å². The summed E-state index contributed by atoms with van der Waals surface area (Å²) in [5.74, 6) is -0.392. The molecule has 0 aliphatic heterocycles. The van der Waals surface area contributed by atoms with Crippen molar-refractivity contribution in [2.24, 2.45) is 0 Å². The fourth-order valence-electron chi connectivity index (χ4n) is 3.16. The van der Waals surface area contributed by atoms with Gasteiger partial charge in [0.1, 0.15) is 5.82 Å². The number of hydrogen-bond acceptors (Lipinski definition) is 5. The van der Waals surface area contributed by atoms with Crippen LogP contribution >= 0.6 is 11.8 Å². The molecule has 0 fully saturated rings. The lowest BCUT2D eigenvalue weighted by molar-refractivity contribution is -0.119. The van der Waals surface area contributed by atoms with Gasteiger partial charge in [-0.2, -0.15) is 0 Å². The SMILES string of the molecule is O=C(CSc1nnc(-c2ccccc2F)o1)NC(Cc1ccccc1)c1ccccc1. The van der Waals surface area contributed by atoms with Gasteiger partial charge in [-0.25, -0.2) is 4.39 Å². The first-order valence-electron chi connectivity index (χ1n) is 9.78. The van der Waals surface area contributed by atoms with Crippen molar-refractivity contribution in [3.8, 4) is 11.5 Å². The Labute approximate surface area is 183 Å². The average Bonchev–Trinajstić information content (AvgIpc) is 3.28. The normalized spacial score (nSPS) is 11.8. The minimum absolute atomic E-state index is 0.0900. The van der Waals surface area contributed by atoms with Gasteiger partial charge in [-0.1, -0.05) is 84.6 Å². The van der Waals surface area contributed by atoms with Crippen molar-refractivity contribution >= 4 is 17.7 Å². The molecule has 156 valence electrons. The predicted molar refractivity (Wildman–Crippen MR) is 118 cm³/mol. The molecule has 31 heavy (non-hydrogen) atoms. The molecule has 4 aromatic rings. The Balaban J connectivity index is 1.40. The maximum Gasteiger partial charge on any atom is 0.277 e. The van der Waals surface area contributed by atoms with Crippen LogP contribution in [0.2, 0.25) is 0 Å². The van der Waals surface area contributed by atoms with Crippen molar-refractivity contribution in [3.05, 3.63) is 102 Å². The quantitative estimate of drug-likeness (QED) is 0.393. The molecule has 3 aromatic carbocycles. The van der Waals surface area contributed by atoms with Crippen molar-refractivity contribution in [1.82, 2.24) is 15.5 Å². The van der Waals surface area contributed by atoms with Gasteiger partial charge in [-0.05, 0) is 29.7 Å². The van der Waals surface area contributed by atoms with Crippen molar-refractivity contribution < 1.29 is 13.6 Å². The van der Waals surface area contributed by atoms with E-state index in [-0.39, 0.29) is 34.4 Å². The van der Waals surface area contributed by atoms with Gasteiger partial charge in [-0.3, -0.25) is 4.79 Å². The maximum absolute atomic E-state index is 13.9. The van der Waals surface area contributed by atoms with E-state index in [1.165, 1.54) is 6.07 Å². The number of rotatable bonds is 8. The van der Waals surface area contributed by atoms with Crippen LogP contribution in [0.4, 0.5) is 4.39 Å². The summed E-state index contributed by atoms with van der Waals surface area (Å²) >= 11 is 1.12. The number of thioether (sulfide) groups is 1. The van der Waals surface area contributed by atoms with Gasteiger partial charge < -0.3 is 9.73 Å². The van der Waals surface area contributed by atoms with Crippen LogP contribution in [0.5, 0.6) is 0 Å². The van der Waals surface area contributed by atoms with E-state index < -0.39 is 5.82 Å². The fourth-order valence-corrected chi connectivity index (χ4v) is 3.74. The Morgan fingerprint density at radius 3 is 2.35 bits per heavy atom. The fraction of sp³-hybridized carbons (Fsp3) is 0.125. The van der Waals surface area contributed by atoms with Crippen LogP contribution in [0.15, 0.2) is 94.6 Å². The Kier molecular flexibility index (Phi) is 6.74. The first kappa shape index (κ1) is 20.8. The lowest BCUT2D eigenvalue weighted by atomic mass is 9.99. The minimum atomic E-state index is -0.438. The van der Waals surface area contributed by atoms with E-state index in [9.17, 15) is 9.18 Å². The molecule has 1 amide bonds. The van der Waals surface area contributed by atoms with Crippen LogP contribution in [0.3, 0.4) is 0 Å². The molecule has 1 unspecified atom stereocenters. The van der Waals surface area contributed by atoms with E-state index >= 15 is 0 Å². The molecule has 1 heterocycles. The first-order valence-corrected chi connectivity index (χ1v) is 10.8. The summed E-state index contributed by atoms with van der Waals surface area (Å²) in [5.41, 5.74) is 2.40. The number of benzene rings is 3. The second-order valence-corrected chi connectivity index (χ2v) is 7.79. The van der Waals surface area contributed by atoms with Crippen LogP contribution in [0.25, 0.3) is 11.5 Å². The van der Waals surface area contributed by atoms with E-state index in [0.29, 0.717) is 6.42 Å². The molecule has 0 aliphatic carbocycles. The number of halogens is 1. The van der Waals surface area contributed by atoms with E-state index in [1.807, 2.05) is 60.7 Å². The van der Waals surface area contributed by atoms with Crippen molar-refractivity contribution in [1.29, 1.82) is 0 Å². The summed E-state index contributed by atoms with van der Waals surface area (Å²) in [7, 11) is 0. The molecule has 0 saturated heterocycles. The number of aromatic nitrogens is 2. The number of hydrogen-bond donors (Lipinski definition) is 1. The molecule has 1 atom stereocenters. The van der Waals surface area contributed by atoms with Gasteiger partial charge >= 0.3 is 0 Å². The van der Waals surface area contributed by atoms with Crippen LogP contribution in [0, 0.1) is 5.82 Å². The van der Waals surface area contributed by atoms with Gasteiger partial charge in [0.15, 0.2) is 0 Å². The minimum Gasteiger partial charge on any atom is -0.411 e. The third kappa shape index (κ3) is 5.58. The van der Waals surface area contributed by atoms with Crippen LogP contribution in [-0.4, -0.2) is 21.9 Å². The lowest BCUT2D eigenvalue weighted by Gasteiger charge is -2.19. The molecule has 4 rings (SSSR count). The van der Waals surface area contributed by atoms with Gasteiger partial charge in [-0.15, -0.1) is 10.2 Å². The van der Waals surface area contributed by atoms with Crippen molar-refractivity contribution in [3.63, 3.8) is 0 Å². The molecule has 0 bridgehead atoms. The average molecular weight is 434 g/mol. The van der Waals surface area contributed by atoms with Crippen LogP contribution in [0.1, 0.15) is 17.2 Å². The number of nitrogens with zero attached hydrogens (tertiary/aromatic N) is 2. The Morgan fingerprint density at radius 2 is 1.61 bits per heavy atom. The summed E-state index contributed by atoms with van der Waals surface area (Å²) < 4.78 is 19.4. The third-order valence-corrected chi connectivity index (χ3v) is 5.48. The second kappa shape index (κ2) is 10.0. The number of carbonyl (C=O) groups excluding carboxylic acids is 1. The topological polar surface area (TPSA) is 68.0 Å². The van der Waals surface area contributed by atoms with E-state index in [4.69, 9.17) is 4.42 Å². The number of amides is 1. The second-order valence-electron chi connectivity index (χ2n) is 6.86. The number of carbonyl (C=O) groups is 1. The molecule has 0 spiro atoms. The highest BCUT2D eigenvalue weighted by atomic mass is 32.2. The molecule has 0 aliphatic rings. The van der Waals surface area contributed by atoms with E-state index in [2.05, 4.69) is 15.5 Å². The lowest BCUT2D eigenvalue weighted by Crippen LogP contribution is -2.31. The zero-order valence-corrected chi connectivity index (χ0v) is 17.4. The van der Waals surface area contributed by atoms with E-state index in [0.717, 1.165) is 22.9 Å². The maximum atomic E-state index is 13.9. The van der Waals surface area contributed by atoms with Crippen LogP contribution < -0.4 is 5.32 Å². The summed E-state index contributed by atoms with van der Waals surface area (Å²) in [5, 5.41) is 11.1. The molecule has 7 heteroatoms. The highest BCUT2D eigenvalue weighted by Crippen LogP contribution is 2.25. The molecule has 5 nitrogen and oxygen atoms in total. The van der Waals surface area contributed by atoms with Gasteiger partial charge in [0.25, 0.3) is 11.1 Å². The van der Waals surface area contributed by atoms with Gasteiger partial charge in [0.05, 0.1) is 17.4 Å². The molecule has 1 aromatic heterocycles. The van der Waals surface area contributed by atoms with E-state index in [1.54, 1.807) is 18.2 Å². The summed E-state index contributed by atoms with van der Waals surface area (Å²) in [6.07, 6.45) is 0.680. The standard InChI is InChI=1S/C24H20FN3O2S/c25-20-14-8-7-13-19(20)23-27-28-24(30-23)31-16-22(29)26-21(18-11-5-2-6-12-18)15-17-9-3-1-4-10-17/h1-14,21H,15-16H2,(H,26,29). The summed E-state index contributed by atoms with van der Waals surface area (Å²) in [6, 6.07) is 25.9. The molecule has 1 N–H and O–H groups in total. The zero-order valence-electron chi connectivity index (χ0n) is 16.6. The monoisotopic (exact) mass is 433 g/mol. The van der Waals surface area contributed by atoms with Gasteiger partial charge in [0.2, 0.25) is 5.91 Å². The zero-order chi connectivity index (χ0) is 21.5. The molecular formula is C24H20FN3O2S.